The second-order valence-corrected chi connectivity index (χ2v) is 8.18. The Morgan fingerprint density at radius 1 is 1.00 bits per heavy atom. The van der Waals surface area contributed by atoms with Crippen LogP contribution in [0.4, 0.5) is 5.82 Å². The number of fused-ring (bicyclic) bond motifs is 1. The summed E-state index contributed by atoms with van der Waals surface area (Å²) in [5.41, 5.74) is 2.09. The number of hydrogen-bond donors (Lipinski definition) is 1. The Balaban J connectivity index is 0.000000771. The predicted octanol–water partition coefficient (Wildman–Crippen LogP) is 5.06. The number of ether oxygens (including phenoxy) is 2. The summed E-state index contributed by atoms with van der Waals surface area (Å²) in [5.74, 6) is 2.06. The van der Waals surface area contributed by atoms with Crippen molar-refractivity contribution in [2.75, 3.05) is 31.2 Å². The lowest BCUT2D eigenvalue weighted by Gasteiger charge is -2.30. The third kappa shape index (κ3) is 6.17. The number of pyridine rings is 2. The first-order chi connectivity index (χ1) is 16.7. The van der Waals surface area contributed by atoms with Gasteiger partial charge in [0.25, 0.3) is 0 Å². The smallest absolute Gasteiger partial charge is 0.225 e. The highest BCUT2D eigenvalue weighted by atomic mass is 16.5. The third-order valence-electron chi connectivity index (χ3n) is 6.10. The molecular weight excluding hydrogens is 430 g/mol. The summed E-state index contributed by atoms with van der Waals surface area (Å²) in [4.78, 5) is 11.4. The summed E-state index contributed by atoms with van der Waals surface area (Å²) in [6.07, 6.45) is 9.74. The molecule has 1 aliphatic heterocycles. The molecule has 8 heteroatoms. The van der Waals surface area contributed by atoms with Gasteiger partial charge in [-0.15, -0.1) is 0 Å². The summed E-state index contributed by atoms with van der Waals surface area (Å²) in [6, 6.07) is 3.65. The van der Waals surface area contributed by atoms with Gasteiger partial charge in [-0.2, -0.15) is 10.1 Å². The number of aromatic hydroxyl groups is 1. The van der Waals surface area contributed by atoms with E-state index < -0.39 is 0 Å². The molecule has 2 fully saturated rings. The molecule has 4 heterocycles. The van der Waals surface area contributed by atoms with Crippen LogP contribution in [0.2, 0.25) is 0 Å². The van der Waals surface area contributed by atoms with E-state index in [2.05, 4.69) is 21.2 Å². The SMILES string of the molecule is CC.CC.Cn1cc(C2CCC(Oc3nc(N4CCOCC4)cc4ncc(O)cc34)CC2)cn1. The van der Waals surface area contributed by atoms with Crippen LogP contribution in [0.15, 0.2) is 30.7 Å². The Hall–Kier alpha value is -2.87. The van der Waals surface area contributed by atoms with Crippen molar-refractivity contribution in [3.8, 4) is 11.6 Å². The summed E-state index contributed by atoms with van der Waals surface area (Å²) < 4.78 is 13.7. The van der Waals surface area contributed by atoms with E-state index in [1.807, 2.05) is 51.7 Å². The molecule has 0 bridgehead atoms. The van der Waals surface area contributed by atoms with Gasteiger partial charge in [0.2, 0.25) is 5.88 Å². The molecule has 0 aromatic carbocycles. The Bertz CT molecular complexity index is 1020. The first-order valence-electron chi connectivity index (χ1n) is 12.6. The lowest BCUT2D eigenvalue weighted by atomic mass is 9.84. The van der Waals surface area contributed by atoms with Crippen LogP contribution in [0.3, 0.4) is 0 Å². The highest BCUT2D eigenvalue weighted by Crippen LogP contribution is 2.36. The van der Waals surface area contributed by atoms with Crippen LogP contribution in [0.1, 0.15) is 64.9 Å². The van der Waals surface area contributed by atoms with Gasteiger partial charge >= 0.3 is 0 Å². The molecule has 5 rings (SSSR count). The van der Waals surface area contributed by atoms with Gasteiger partial charge in [0, 0.05) is 32.4 Å². The highest BCUT2D eigenvalue weighted by molar-refractivity contribution is 5.86. The standard InChI is InChI=1S/C22H27N5O3.2C2H6/c1-26-14-16(12-24-26)15-2-4-18(5-3-15)30-22-19-10-17(28)13-23-20(19)11-21(25-22)27-6-8-29-9-7-27;2*1-2/h10-15,18,28H,2-9H2,1H3;2*1-2H3. The summed E-state index contributed by atoms with van der Waals surface area (Å²) in [6.45, 7) is 11.0. The minimum Gasteiger partial charge on any atom is -0.506 e. The zero-order valence-electron chi connectivity index (χ0n) is 21.2. The predicted molar refractivity (Wildman–Crippen MR) is 136 cm³/mol. The molecule has 3 aromatic rings. The molecule has 1 saturated heterocycles. The molecule has 1 N–H and O–H groups in total. The maximum absolute atomic E-state index is 9.96. The van der Waals surface area contributed by atoms with Crippen molar-refractivity contribution < 1.29 is 14.6 Å². The second kappa shape index (κ2) is 12.6. The van der Waals surface area contributed by atoms with Crippen LogP contribution >= 0.6 is 0 Å². The van der Waals surface area contributed by atoms with Crippen molar-refractivity contribution in [1.82, 2.24) is 19.7 Å². The highest BCUT2D eigenvalue weighted by Gasteiger charge is 2.26. The zero-order valence-corrected chi connectivity index (χ0v) is 21.2. The van der Waals surface area contributed by atoms with Crippen LogP contribution in [-0.4, -0.2) is 57.3 Å². The molecule has 0 unspecified atom stereocenters. The molecule has 0 atom stereocenters. The maximum Gasteiger partial charge on any atom is 0.225 e. The molecule has 1 saturated carbocycles. The van der Waals surface area contributed by atoms with Gasteiger partial charge in [0.05, 0.1) is 36.5 Å². The fourth-order valence-corrected chi connectivity index (χ4v) is 4.44. The molecular formula is C26H39N5O3. The molecule has 0 amide bonds. The van der Waals surface area contributed by atoms with E-state index in [4.69, 9.17) is 14.5 Å². The third-order valence-corrected chi connectivity index (χ3v) is 6.10. The van der Waals surface area contributed by atoms with E-state index in [0.29, 0.717) is 25.0 Å². The molecule has 2 aliphatic rings. The van der Waals surface area contributed by atoms with E-state index in [0.717, 1.165) is 55.5 Å². The van der Waals surface area contributed by atoms with Crippen LogP contribution < -0.4 is 9.64 Å². The van der Waals surface area contributed by atoms with Gasteiger partial charge in [-0.25, -0.2) is 0 Å². The molecule has 0 spiro atoms. The van der Waals surface area contributed by atoms with Crippen molar-refractivity contribution >= 4 is 16.7 Å². The Kier molecular flexibility index (Phi) is 9.51. The van der Waals surface area contributed by atoms with E-state index in [1.54, 1.807) is 6.07 Å². The van der Waals surface area contributed by atoms with Crippen LogP contribution in [-0.2, 0) is 11.8 Å². The van der Waals surface area contributed by atoms with Gasteiger partial charge in [-0.3, -0.25) is 9.67 Å². The number of aromatic nitrogens is 4. The number of hydrogen-bond acceptors (Lipinski definition) is 7. The fraction of sp³-hybridized carbons (Fsp3) is 0.577. The lowest BCUT2D eigenvalue weighted by Crippen LogP contribution is -2.36. The first-order valence-corrected chi connectivity index (χ1v) is 12.6. The minimum absolute atomic E-state index is 0.107. The molecule has 3 aromatic heterocycles. The van der Waals surface area contributed by atoms with Crippen molar-refractivity contribution in [1.29, 1.82) is 0 Å². The van der Waals surface area contributed by atoms with Gasteiger partial charge in [0.1, 0.15) is 17.7 Å². The molecule has 1 aliphatic carbocycles. The monoisotopic (exact) mass is 469 g/mol. The number of anilines is 1. The van der Waals surface area contributed by atoms with Crippen molar-refractivity contribution in [2.24, 2.45) is 7.05 Å². The topological polar surface area (TPSA) is 85.5 Å². The fourth-order valence-electron chi connectivity index (χ4n) is 4.44. The maximum atomic E-state index is 9.96. The van der Waals surface area contributed by atoms with E-state index in [-0.39, 0.29) is 11.9 Å². The average molecular weight is 470 g/mol. The van der Waals surface area contributed by atoms with E-state index in [1.165, 1.54) is 11.8 Å². The Labute approximate surface area is 202 Å². The Morgan fingerprint density at radius 2 is 1.71 bits per heavy atom. The summed E-state index contributed by atoms with van der Waals surface area (Å²) >= 11 is 0. The first kappa shape index (κ1) is 25.7. The zero-order chi connectivity index (χ0) is 24.5. The molecule has 8 nitrogen and oxygen atoms in total. The molecule has 0 radical (unpaired) electrons. The lowest BCUT2D eigenvalue weighted by molar-refractivity contribution is 0.122. The summed E-state index contributed by atoms with van der Waals surface area (Å²) in [7, 11) is 1.96. The number of rotatable bonds is 4. The van der Waals surface area contributed by atoms with E-state index in [9.17, 15) is 5.11 Å². The van der Waals surface area contributed by atoms with Crippen LogP contribution in [0, 0.1) is 0 Å². The summed E-state index contributed by atoms with van der Waals surface area (Å²) in [5, 5.41) is 15.0. The van der Waals surface area contributed by atoms with Crippen LogP contribution in [0.5, 0.6) is 11.6 Å². The van der Waals surface area contributed by atoms with Gasteiger partial charge < -0.3 is 19.5 Å². The number of nitrogens with zero attached hydrogens (tertiary/aromatic N) is 5. The number of aryl methyl sites for hydroxylation is 1. The second-order valence-electron chi connectivity index (χ2n) is 8.18. The van der Waals surface area contributed by atoms with Gasteiger partial charge in [-0.05, 0) is 43.2 Å². The van der Waals surface area contributed by atoms with Gasteiger partial charge in [0.15, 0.2) is 0 Å². The number of morpholine rings is 1. The normalized spacial score (nSPS) is 20.1. The quantitative estimate of drug-likeness (QED) is 0.571. The molecule has 186 valence electrons. The van der Waals surface area contributed by atoms with Crippen molar-refractivity contribution in [3.63, 3.8) is 0 Å². The van der Waals surface area contributed by atoms with Crippen molar-refractivity contribution in [3.05, 3.63) is 36.3 Å². The van der Waals surface area contributed by atoms with E-state index >= 15 is 0 Å². The van der Waals surface area contributed by atoms with Gasteiger partial charge in [-0.1, -0.05) is 27.7 Å². The Morgan fingerprint density at radius 3 is 2.35 bits per heavy atom. The largest absolute Gasteiger partial charge is 0.506 e. The average Bonchev–Trinajstić information content (AvgIpc) is 3.34. The minimum atomic E-state index is 0.107. The van der Waals surface area contributed by atoms with Crippen molar-refractivity contribution in [2.45, 2.75) is 65.4 Å². The van der Waals surface area contributed by atoms with Crippen LogP contribution in [0.25, 0.3) is 10.9 Å². The molecule has 34 heavy (non-hydrogen) atoms.